The number of rotatable bonds is 2. The Morgan fingerprint density at radius 1 is 1.29 bits per heavy atom. The summed E-state index contributed by atoms with van der Waals surface area (Å²) in [5.74, 6) is 0.234. The third-order valence-corrected chi connectivity index (χ3v) is 3.13. The molecule has 0 aromatic carbocycles. The molecular formula is C12H18OS. The minimum atomic E-state index is 0.234. The molecule has 78 valence electrons. The lowest BCUT2D eigenvalue weighted by Gasteiger charge is -1.86. The molecule has 0 saturated heterocycles. The number of ketones is 1. The number of thiophene rings is 1. The normalized spacial score (nSPS) is 14.6. The summed E-state index contributed by atoms with van der Waals surface area (Å²) < 4.78 is 0. The van der Waals surface area contributed by atoms with Crippen molar-refractivity contribution in [2.45, 2.75) is 45.4 Å². The smallest absolute Gasteiger partial charge is 0.135 e. The Morgan fingerprint density at radius 2 is 1.86 bits per heavy atom. The van der Waals surface area contributed by atoms with Crippen molar-refractivity contribution >= 4 is 17.1 Å². The fourth-order valence-electron chi connectivity index (χ4n) is 1.54. The monoisotopic (exact) mass is 210 g/mol. The maximum absolute atomic E-state index is 10.5. The fraction of sp³-hybridized carbons (Fsp3) is 0.583. The Kier molecular flexibility index (Phi) is 5.53. The van der Waals surface area contributed by atoms with Crippen LogP contribution in [0.15, 0.2) is 17.5 Å². The molecule has 0 atom stereocenters. The SMILES string of the molecule is C1CCCC1.CC(=O)Cc1cccs1. The second-order valence-electron chi connectivity index (χ2n) is 3.73. The van der Waals surface area contributed by atoms with Gasteiger partial charge >= 0.3 is 0 Å². The Balaban J connectivity index is 0.000000165. The zero-order valence-electron chi connectivity index (χ0n) is 8.79. The van der Waals surface area contributed by atoms with E-state index < -0.39 is 0 Å². The van der Waals surface area contributed by atoms with Gasteiger partial charge in [0.2, 0.25) is 0 Å². The zero-order chi connectivity index (χ0) is 10.2. The van der Waals surface area contributed by atoms with Crippen molar-refractivity contribution < 1.29 is 4.79 Å². The Hall–Kier alpha value is -0.630. The van der Waals surface area contributed by atoms with Gasteiger partial charge in [0, 0.05) is 11.3 Å². The first kappa shape index (κ1) is 11.4. The van der Waals surface area contributed by atoms with Crippen LogP contribution in [-0.2, 0) is 11.2 Å². The molecular weight excluding hydrogens is 192 g/mol. The highest BCUT2D eigenvalue weighted by atomic mass is 32.1. The van der Waals surface area contributed by atoms with Crippen LogP contribution in [0.1, 0.15) is 43.9 Å². The van der Waals surface area contributed by atoms with Crippen LogP contribution in [0, 0.1) is 0 Å². The average molecular weight is 210 g/mol. The van der Waals surface area contributed by atoms with Gasteiger partial charge in [0.05, 0.1) is 0 Å². The summed E-state index contributed by atoms with van der Waals surface area (Å²) in [5.41, 5.74) is 0. The fourth-order valence-corrected chi connectivity index (χ4v) is 2.32. The number of hydrogen-bond acceptors (Lipinski definition) is 2. The molecule has 0 unspecified atom stereocenters. The van der Waals surface area contributed by atoms with Gasteiger partial charge in [-0.2, -0.15) is 0 Å². The van der Waals surface area contributed by atoms with Gasteiger partial charge in [0.15, 0.2) is 0 Å². The summed E-state index contributed by atoms with van der Waals surface area (Å²) in [6, 6.07) is 3.94. The van der Waals surface area contributed by atoms with Crippen LogP contribution in [0.3, 0.4) is 0 Å². The molecule has 0 N–H and O–H groups in total. The van der Waals surface area contributed by atoms with Crippen LogP contribution in [-0.4, -0.2) is 5.78 Å². The molecule has 1 heterocycles. The Morgan fingerprint density at radius 3 is 2.21 bits per heavy atom. The van der Waals surface area contributed by atoms with Crippen molar-refractivity contribution in [1.29, 1.82) is 0 Å². The molecule has 2 rings (SSSR count). The highest BCUT2D eigenvalue weighted by Crippen LogP contribution is 2.15. The van der Waals surface area contributed by atoms with Gasteiger partial charge in [-0.1, -0.05) is 38.2 Å². The third-order valence-electron chi connectivity index (χ3n) is 2.25. The maximum Gasteiger partial charge on any atom is 0.135 e. The molecule has 1 aromatic rings. The van der Waals surface area contributed by atoms with Crippen LogP contribution in [0.25, 0.3) is 0 Å². The molecule has 1 aliphatic rings. The molecule has 1 aromatic heterocycles. The van der Waals surface area contributed by atoms with Crippen LogP contribution < -0.4 is 0 Å². The maximum atomic E-state index is 10.5. The predicted molar refractivity (Wildman–Crippen MR) is 61.8 cm³/mol. The van der Waals surface area contributed by atoms with E-state index in [-0.39, 0.29) is 5.78 Å². The predicted octanol–water partition coefficient (Wildman–Crippen LogP) is 3.83. The standard InChI is InChI=1S/C7H8OS.C5H10/c1-6(8)5-7-3-2-4-9-7;1-2-4-5-3-1/h2-4H,5H2,1H3;1-5H2. The average Bonchev–Trinajstić information content (AvgIpc) is 2.75. The Labute approximate surface area is 90.2 Å². The van der Waals surface area contributed by atoms with Crippen molar-refractivity contribution in [2.24, 2.45) is 0 Å². The van der Waals surface area contributed by atoms with E-state index >= 15 is 0 Å². The first-order valence-corrected chi connectivity index (χ1v) is 6.19. The van der Waals surface area contributed by atoms with Crippen molar-refractivity contribution in [3.05, 3.63) is 22.4 Å². The first-order chi connectivity index (χ1) is 6.79. The number of carbonyl (C=O) groups excluding carboxylic acids is 1. The minimum absolute atomic E-state index is 0.234. The lowest BCUT2D eigenvalue weighted by molar-refractivity contribution is -0.116. The van der Waals surface area contributed by atoms with Crippen molar-refractivity contribution in [2.75, 3.05) is 0 Å². The second kappa shape index (κ2) is 6.77. The molecule has 0 amide bonds. The molecule has 1 aliphatic carbocycles. The largest absolute Gasteiger partial charge is 0.300 e. The number of carbonyl (C=O) groups is 1. The highest BCUT2D eigenvalue weighted by Gasteiger charge is 1.96. The van der Waals surface area contributed by atoms with Crippen molar-refractivity contribution in [1.82, 2.24) is 0 Å². The summed E-state index contributed by atoms with van der Waals surface area (Å²) in [6.07, 6.45) is 8.09. The van der Waals surface area contributed by atoms with Crippen LogP contribution in [0.5, 0.6) is 0 Å². The van der Waals surface area contributed by atoms with Gasteiger partial charge in [-0.15, -0.1) is 11.3 Å². The van der Waals surface area contributed by atoms with Gasteiger partial charge < -0.3 is 0 Å². The second-order valence-corrected chi connectivity index (χ2v) is 4.76. The molecule has 14 heavy (non-hydrogen) atoms. The van der Waals surface area contributed by atoms with E-state index in [1.54, 1.807) is 18.3 Å². The first-order valence-electron chi connectivity index (χ1n) is 5.31. The number of hydrogen-bond donors (Lipinski definition) is 0. The van der Waals surface area contributed by atoms with Crippen LogP contribution >= 0.6 is 11.3 Å². The zero-order valence-corrected chi connectivity index (χ0v) is 9.61. The lowest BCUT2D eigenvalue weighted by Crippen LogP contribution is -1.92. The van der Waals surface area contributed by atoms with E-state index in [0.717, 1.165) is 4.88 Å². The van der Waals surface area contributed by atoms with Crippen molar-refractivity contribution in [3.8, 4) is 0 Å². The van der Waals surface area contributed by atoms with Gasteiger partial charge in [-0.25, -0.2) is 0 Å². The molecule has 0 radical (unpaired) electrons. The molecule has 0 spiro atoms. The summed E-state index contributed by atoms with van der Waals surface area (Å²) in [5, 5.41) is 1.98. The van der Waals surface area contributed by atoms with E-state index in [2.05, 4.69) is 0 Å². The van der Waals surface area contributed by atoms with Crippen molar-refractivity contribution in [3.63, 3.8) is 0 Å². The molecule has 2 heteroatoms. The van der Waals surface area contributed by atoms with E-state index in [9.17, 15) is 4.79 Å². The molecule has 1 nitrogen and oxygen atoms in total. The van der Waals surface area contributed by atoms with E-state index in [1.165, 1.54) is 32.1 Å². The third kappa shape index (κ3) is 5.18. The van der Waals surface area contributed by atoms with Gasteiger partial charge in [0.25, 0.3) is 0 Å². The topological polar surface area (TPSA) is 17.1 Å². The molecule has 1 saturated carbocycles. The van der Waals surface area contributed by atoms with Gasteiger partial charge in [0.1, 0.15) is 5.78 Å². The summed E-state index contributed by atoms with van der Waals surface area (Å²) in [7, 11) is 0. The summed E-state index contributed by atoms with van der Waals surface area (Å²) in [4.78, 5) is 11.7. The van der Waals surface area contributed by atoms with Gasteiger partial charge in [-0.05, 0) is 18.4 Å². The Bertz CT molecular complexity index is 240. The minimum Gasteiger partial charge on any atom is -0.300 e. The summed E-state index contributed by atoms with van der Waals surface area (Å²) >= 11 is 1.63. The summed E-state index contributed by atoms with van der Waals surface area (Å²) in [6.45, 7) is 1.61. The van der Waals surface area contributed by atoms with Crippen LogP contribution in [0.4, 0.5) is 0 Å². The number of Topliss-reactive ketones (excluding diaryl/α,β-unsaturated/α-hetero) is 1. The molecule has 1 fully saturated rings. The van der Waals surface area contributed by atoms with E-state index in [0.29, 0.717) is 6.42 Å². The van der Waals surface area contributed by atoms with E-state index in [1.807, 2.05) is 17.5 Å². The highest BCUT2D eigenvalue weighted by molar-refractivity contribution is 7.10. The van der Waals surface area contributed by atoms with Crippen LogP contribution in [0.2, 0.25) is 0 Å². The van der Waals surface area contributed by atoms with E-state index in [4.69, 9.17) is 0 Å². The molecule has 0 bridgehead atoms. The molecule has 0 aliphatic heterocycles. The lowest BCUT2D eigenvalue weighted by atomic mass is 10.3. The quantitative estimate of drug-likeness (QED) is 0.725. The van der Waals surface area contributed by atoms with Gasteiger partial charge in [-0.3, -0.25) is 4.79 Å².